The van der Waals surface area contributed by atoms with E-state index in [9.17, 15) is 4.79 Å². The number of aryl methyl sites for hydroxylation is 2. The van der Waals surface area contributed by atoms with Gasteiger partial charge in [0.15, 0.2) is 17.5 Å². The molecule has 0 fully saturated rings. The summed E-state index contributed by atoms with van der Waals surface area (Å²) < 4.78 is 14.1. The van der Waals surface area contributed by atoms with E-state index >= 15 is 0 Å². The van der Waals surface area contributed by atoms with Crippen LogP contribution in [-0.4, -0.2) is 66.6 Å². The number of fused-ring (bicyclic) bond motifs is 1. The second kappa shape index (κ2) is 12.7. The Morgan fingerprint density at radius 1 is 1.25 bits per heavy atom. The summed E-state index contributed by atoms with van der Waals surface area (Å²) in [6.45, 7) is 2.94. The number of guanidine groups is 1. The lowest BCUT2D eigenvalue weighted by Gasteiger charge is -2.22. The van der Waals surface area contributed by atoms with Gasteiger partial charge in [0.05, 0.1) is 14.2 Å². The number of ether oxygens (including phenoxy) is 2. The summed E-state index contributed by atoms with van der Waals surface area (Å²) in [4.78, 5) is 18.9. The summed E-state index contributed by atoms with van der Waals surface area (Å²) in [6, 6.07) is 5.98. The molecule has 0 bridgehead atoms. The largest absolute Gasteiger partial charge is 0.493 e. The first kappa shape index (κ1) is 26.0. The van der Waals surface area contributed by atoms with Gasteiger partial charge in [-0.05, 0) is 43.4 Å². The third-order valence-corrected chi connectivity index (χ3v) is 5.62. The van der Waals surface area contributed by atoms with Gasteiger partial charge in [0.2, 0.25) is 0 Å². The maximum atomic E-state index is 12.4. The first-order valence-corrected chi connectivity index (χ1v) is 10.9. The number of hydrogen-bond acceptors (Lipinski definition) is 5. The van der Waals surface area contributed by atoms with E-state index in [0.29, 0.717) is 6.54 Å². The van der Waals surface area contributed by atoms with Crippen molar-refractivity contribution in [1.29, 1.82) is 0 Å². The van der Waals surface area contributed by atoms with Crippen molar-refractivity contribution in [3.05, 3.63) is 40.1 Å². The van der Waals surface area contributed by atoms with E-state index in [4.69, 9.17) is 9.47 Å². The molecule has 0 spiro atoms. The number of methoxy groups -OCH3 is 2. The van der Waals surface area contributed by atoms with Gasteiger partial charge in [-0.1, -0.05) is 6.07 Å². The van der Waals surface area contributed by atoms with Crippen molar-refractivity contribution in [3.8, 4) is 11.5 Å². The van der Waals surface area contributed by atoms with E-state index in [1.54, 1.807) is 25.9 Å². The van der Waals surface area contributed by atoms with E-state index in [1.165, 1.54) is 5.56 Å². The molecule has 2 heterocycles. The zero-order valence-corrected chi connectivity index (χ0v) is 21.8. The highest BCUT2D eigenvalue weighted by atomic mass is 127. The third-order valence-electron chi connectivity index (χ3n) is 5.62. The monoisotopic (exact) mass is 558 g/mol. The Morgan fingerprint density at radius 3 is 2.72 bits per heavy atom. The fraction of sp³-hybridized carbons (Fsp3) is 0.591. The third kappa shape index (κ3) is 6.39. The van der Waals surface area contributed by atoms with E-state index in [0.717, 1.165) is 75.0 Å². The summed E-state index contributed by atoms with van der Waals surface area (Å²) in [5.41, 5.74) is 1.19. The molecule has 3 rings (SSSR count). The molecule has 1 aliphatic rings. The maximum absolute atomic E-state index is 12.4. The van der Waals surface area contributed by atoms with Gasteiger partial charge < -0.3 is 19.7 Å². The molecule has 0 atom stereocenters. The summed E-state index contributed by atoms with van der Waals surface area (Å²) in [5, 5.41) is 7.87. The smallest absolute Gasteiger partial charge is 0.345 e. The lowest BCUT2D eigenvalue weighted by atomic mass is 10.1. The summed E-state index contributed by atoms with van der Waals surface area (Å²) in [5.74, 6) is 3.22. The van der Waals surface area contributed by atoms with Crippen molar-refractivity contribution in [2.24, 2.45) is 4.99 Å². The zero-order valence-electron chi connectivity index (χ0n) is 19.5. The minimum Gasteiger partial charge on any atom is -0.493 e. The Balaban J connectivity index is 0.00000363. The first-order valence-electron chi connectivity index (χ1n) is 10.9. The number of hydrogen-bond donors (Lipinski definition) is 1. The van der Waals surface area contributed by atoms with Gasteiger partial charge in [0.1, 0.15) is 5.82 Å². The maximum Gasteiger partial charge on any atom is 0.345 e. The van der Waals surface area contributed by atoms with Crippen LogP contribution in [0.4, 0.5) is 0 Å². The molecule has 2 aromatic rings. The Bertz CT molecular complexity index is 956. The van der Waals surface area contributed by atoms with Crippen LogP contribution in [0.2, 0.25) is 0 Å². The van der Waals surface area contributed by atoms with Crippen LogP contribution in [0, 0.1) is 0 Å². The van der Waals surface area contributed by atoms with Crippen molar-refractivity contribution in [3.63, 3.8) is 0 Å². The van der Waals surface area contributed by atoms with Crippen molar-refractivity contribution < 1.29 is 9.47 Å². The van der Waals surface area contributed by atoms with Crippen LogP contribution in [0.25, 0.3) is 0 Å². The topological polar surface area (TPSA) is 85.9 Å². The number of aromatic nitrogens is 3. The Hall–Kier alpha value is -2.24. The summed E-state index contributed by atoms with van der Waals surface area (Å²) >= 11 is 0. The molecule has 0 saturated carbocycles. The molecule has 32 heavy (non-hydrogen) atoms. The quantitative estimate of drug-likeness (QED) is 0.220. The molecule has 1 N–H and O–H groups in total. The zero-order chi connectivity index (χ0) is 22.2. The molecule has 10 heteroatoms. The highest BCUT2D eigenvalue weighted by Gasteiger charge is 2.16. The van der Waals surface area contributed by atoms with Gasteiger partial charge in [-0.15, -0.1) is 24.0 Å². The Labute approximate surface area is 206 Å². The molecule has 0 radical (unpaired) electrons. The molecule has 0 amide bonds. The molecule has 0 unspecified atom stereocenters. The summed E-state index contributed by atoms with van der Waals surface area (Å²) in [7, 11) is 7.08. The number of rotatable bonds is 9. The molecule has 0 aliphatic carbocycles. The lowest BCUT2D eigenvalue weighted by Crippen LogP contribution is -2.40. The Morgan fingerprint density at radius 2 is 2.03 bits per heavy atom. The van der Waals surface area contributed by atoms with Crippen molar-refractivity contribution in [2.75, 3.05) is 41.4 Å². The molecule has 9 nitrogen and oxygen atoms in total. The minimum absolute atomic E-state index is 0. The predicted molar refractivity (Wildman–Crippen MR) is 137 cm³/mol. The van der Waals surface area contributed by atoms with Crippen LogP contribution in [0.15, 0.2) is 28.0 Å². The number of nitrogens with one attached hydrogen (secondary N) is 1. The van der Waals surface area contributed by atoms with E-state index < -0.39 is 0 Å². The second-order valence-corrected chi connectivity index (χ2v) is 7.72. The highest BCUT2D eigenvalue weighted by molar-refractivity contribution is 14.0. The van der Waals surface area contributed by atoms with Crippen LogP contribution in [-0.2, 0) is 25.9 Å². The molecular formula is C22H35IN6O3. The molecular weight excluding hydrogens is 523 g/mol. The van der Waals surface area contributed by atoms with Crippen LogP contribution >= 0.6 is 24.0 Å². The van der Waals surface area contributed by atoms with Gasteiger partial charge >= 0.3 is 5.69 Å². The second-order valence-electron chi connectivity index (χ2n) is 7.72. The lowest BCUT2D eigenvalue weighted by molar-refractivity contribution is 0.354. The van der Waals surface area contributed by atoms with Crippen molar-refractivity contribution in [1.82, 2.24) is 24.6 Å². The average molecular weight is 558 g/mol. The molecule has 1 aliphatic heterocycles. The fourth-order valence-electron chi connectivity index (χ4n) is 3.85. The van der Waals surface area contributed by atoms with E-state index in [2.05, 4.69) is 20.3 Å². The number of likely N-dealkylation sites (N-methyl/N-ethyl adjacent to an activating group) is 1. The van der Waals surface area contributed by atoms with Gasteiger partial charge in [-0.3, -0.25) is 9.56 Å². The normalized spacial score (nSPS) is 13.2. The van der Waals surface area contributed by atoms with Gasteiger partial charge in [0, 0.05) is 46.7 Å². The molecule has 1 aromatic carbocycles. The number of benzene rings is 1. The van der Waals surface area contributed by atoms with Gasteiger partial charge in [-0.25, -0.2) is 9.48 Å². The number of nitrogens with zero attached hydrogens (tertiary/aromatic N) is 5. The van der Waals surface area contributed by atoms with Crippen LogP contribution in [0.5, 0.6) is 11.5 Å². The molecule has 0 saturated heterocycles. The standard InChI is InChI=1S/C22H34N6O3.HI/c1-23-21(26(2)15-11-17-9-10-18(30-3)19(16-17)31-4)24-12-7-14-28-22(29)27-13-6-5-8-20(27)25-28;/h9-10,16H,5-8,11-15H2,1-4H3,(H,23,24);1H. The summed E-state index contributed by atoms with van der Waals surface area (Å²) in [6.07, 6.45) is 4.74. The van der Waals surface area contributed by atoms with Gasteiger partial charge in [-0.2, -0.15) is 5.10 Å². The Kier molecular flexibility index (Phi) is 10.3. The SMILES string of the molecule is CN=C(NCCCn1nc2n(c1=O)CCCC2)N(C)CCc1ccc(OC)c(OC)c1.I. The predicted octanol–water partition coefficient (Wildman–Crippen LogP) is 2.16. The van der Waals surface area contributed by atoms with E-state index in [1.807, 2.05) is 29.8 Å². The average Bonchev–Trinajstić information content (AvgIpc) is 3.12. The minimum atomic E-state index is 0. The van der Waals surface area contributed by atoms with Crippen LogP contribution in [0.3, 0.4) is 0 Å². The molecule has 1 aromatic heterocycles. The molecule has 178 valence electrons. The first-order chi connectivity index (χ1) is 15.1. The number of halogens is 1. The van der Waals surface area contributed by atoms with Crippen LogP contribution in [0.1, 0.15) is 30.7 Å². The highest BCUT2D eigenvalue weighted by Crippen LogP contribution is 2.27. The van der Waals surface area contributed by atoms with Crippen molar-refractivity contribution >= 4 is 29.9 Å². The fourth-order valence-corrected chi connectivity index (χ4v) is 3.85. The number of aliphatic imine (C=N–C) groups is 1. The van der Waals surface area contributed by atoms with Crippen molar-refractivity contribution in [2.45, 2.75) is 45.2 Å². The van der Waals surface area contributed by atoms with E-state index in [-0.39, 0.29) is 29.7 Å². The van der Waals surface area contributed by atoms with Gasteiger partial charge in [0.25, 0.3) is 0 Å². The van der Waals surface area contributed by atoms with Crippen LogP contribution < -0.4 is 20.5 Å².